The Hall–Kier alpha value is -2.59. The minimum absolute atomic E-state index is 0.693. The van der Waals surface area contributed by atoms with E-state index in [2.05, 4.69) is 10.3 Å². The Kier molecular flexibility index (Phi) is 2.98. The number of nitrogens with one attached hydrogen (secondary N) is 1. The van der Waals surface area contributed by atoms with E-state index in [-0.39, 0.29) is 0 Å². The topological polar surface area (TPSA) is 42.2 Å². The predicted molar refractivity (Wildman–Crippen MR) is 90.0 cm³/mol. The van der Waals surface area contributed by atoms with Crippen LogP contribution < -0.4 is 5.32 Å². The second-order valence-electron chi connectivity index (χ2n) is 5.18. The van der Waals surface area contributed by atoms with Gasteiger partial charge in [-0.05, 0) is 36.8 Å². The lowest BCUT2D eigenvalue weighted by Gasteiger charge is -2.12. The van der Waals surface area contributed by atoms with E-state index >= 15 is 0 Å². The maximum atomic E-state index is 6.10. The van der Waals surface area contributed by atoms with Crippen molar-refractivity contribution in [2.24, 2.45) is 0 Å². The van der Waals surface area contributed by atoms with E-state index < -0.39 is 0 Å². The van der Waals surface area contributed by atoms with Gasteiger partial charge in [0, 0.05) is 10.7 Å². The van der Waals surface area contributed by atoms with Crippen LogP contribution in [0.15, 0.2) is 55.0 Å². The third-order valence-electron chi connectivity index (χ3n) is 3.71. The Morgan fingerprint density at radius 2 is 1.95 bits per heavy atom. The van der Waals surface area contributed by atoms with Gasteiger partial charge in [-0.3, -0.25) is 4.40 Å². The molecule has 0 unspecified atom stereocenters. The summed E-state index contributed by atoms with van der Waals surface area (Å²) in [4.78, 5) is 8.98. The normalized spacial score (nSPS) is 11.2. The molecule has 0 saturated heterocycles. The molecule has 1 N–H and O–H groups in total. The lowest BCUT2D eigenvalue weighted by atomic mass is 10.2. The van der Waals surface area contributed by atoms with Crippen molar-refractivity contribution < 1.29 is 0 Å². The molecule has 0 aliphatic rings. The first-order chi connectivity index (χ1) is 10.7. The molecule has 0 aliphatic heterocycles. The fourth-order valence-electron chi connectivity index (χ4n) is 2.55. The number of rotatable bonds is 2. The van der Waals surface area contributed by atoms with Gasteiger partial charge in [-0.2, -0.15) is 0 Å². The number of hydrogen-bond acceptors (Lipinski definition) is 3. The van der Waals surface area contributed by atoms with Crippen LogP contribution in [-0.4, -0.2) is 14.4 Å². The molecule has 108 valence electrons. The molecule has 0 saturated carbocycles. The molecule has 0 bridgehead atoms. The van der Waals surface area contributed by atoms with Gasteiger partial charge in [-0.25, -0.2) is 9.97 Å². The van der Waals surface area contributed by atoms with Crippen molar-refractivity contribution >= 4 is 39.7 Å². The highest BCUT2D eigenvalue weighted by molar-refractivity contribution is 6.30. The molecule has 4 rings (SSSR count). The molecule has 22 heavy (non-hydrogen) atoms. The number of para-hydroxylation sites is 2. The molecule has 2 heterocycles. The molecular weight excluding hydrogens is 296 g/mol. The molecule has 0 atom stereocenters. The summed E-state index contributed by atoms with van der Waals surface area (Å²) in [7, 11) is 0. The number of fused-ring (bicyclic) bond motifs is 3. The van der Waals surface area contributed by atoms with Crippen molar-refractivity contribution in [3.05, 3.63) is 65.6 Å². The van der Waals surface area contributed by atoms with Gasteiger partial charge < -0.3 is 5.32 Å². The van der Waals surface area contributed by atoms with Crippen molar-refractivity contribution in [3.63, 3.8) is 0 Å². The van der Waals surface area contributed by atoms with Crippen LogP contribution in [0.1, 0.15) is 5.56 Å². The first-order valence-electron chi connectivity index (χ1n) is 6.96. The van der Waals surface area contributed by atoms with Crippen molar-refractivity contribution in [3.8, 4) is 0 Å². The highest BCUT2D eigenvalue weighted by Crippen LogP contribution is 2.27. The summed E-state index contributed by atoms with van der Waals surface area (Å²) < 4.78 is 2.03. The number of anilines is 2. The highest BCUT2D eigenvalue weighted by atomic mass is 35.5. The molecule has 0 amide bonds. The van der Waals surface area contributed by atoms with Gasteiger partial charge in [0.1, 0.15) is 5.52 Å². The van der Waals surface area contributed by atoms with Crippen molar-refractivity contribution in [2.45, 2.75) is 6.92 Å². The highest BCUT2D eigenvalue weighted by Gasteiger charge is 2.10. The number of aromatic nitrogens is 3. The number of nitrogens with zero attached hydrogens (tertiary/aromatic N) is 3. The second-order valence-corrected chi connectivity index (χ2v) is 5.62. The zero-order chi connectivity index (χ0) is 15.1. The second kappa shape index (κ2) is 5.00. The summed E-state index contributed by atoms with van der Waals surface area (Å²) in [6, 6.07) is 13.8. The van der Waals surface area contributed by atoms with E-state index in [0.717, 1.165) is 33.6 Å². The summed E-state index contributed by atoms with van der Waals surface area (Å²) in [5, 5.41) is 4.07. The minimum Gasteiger partial charge on any atom is -0.338 e. The number of aryl methyl sites for hydroxylation is 1. The molecule has 0 radical (unpaired) electrons. The van der Waals surface area contributed by atoms with E-state index in [1.807, 2.05) is 60.0 Å². The molecule has 2 aromatic carbocycles. The summed E-state index contributed by atoms with van der Waals surface area (Å²) in [5.41, 5.74) is 4.92. The fourth-order valence-corrected chi connectivity index (χ4v) is 2.72. The molecule has 0 fully saturated rings. The molecule has 0 aliphatic carbocycles. The third-order valence-corrected chi connectivity index (χ3v) is 3.94. The van der Waals surface area contributed by atoms with Crippen LogP contribution in [0.25, 0.3) is 16.6 Å². The van der Waals surface area contributed by atoms with Crippen molar-refractivity contribution in [2.75, 3.05) is 5.32 Å². The Morgan fingerprint density at radius 3 is 2.86 bits per heavy atom. The van der Waals surface area contributed by atoms with E-state index in [1.54, 1.807) is 6.33 Å². The Morgan fingerprint density at radius 1 is 1.09 bits per heavy atom. The fraction of sp³-hybridized carbons (Fsp3) is 0.0588. The zero-order valence-corrected chi connectivity index (χ0v) is 12.7. The van der Waals surface area contributed by atoms with Crippen LogP contribution in [0.5, 0.6) is 0 Å². The predicted octanol–water partition coefficient (Wildman–Crippen LogP) is 4.59. The number of halogens is 1. The van der Waals surface area contributed by atoms with Crippen molar-refractivity contribution in [1.82, 2.24) is 14.4 Å². The molecule has 4 aromatic rings. The van der Waals surface area contributed by atoms with Crippen LogP contribution in [-0.2, 0) is 0 Å². The van der Waals surface area contributed by atoms with E-state index in [1.165, 1.54) is 0 Å². The lowest BCUT2D eigenvalue weighted by molar-refractivity contribution is 1.19. The quantitative estimate of drug-likeness (QED) is 0.589. The van der Waals surface area contributed by atoms with Crippen molar-refractivity contribution in [1.29, 1.82) is 0 Å². The van der Waals surface area contributed by atoms with Crippen LogP contribution in [0.3, 0.4) is 0 Å². The molecule has 2 aromatic heterocycles. The standard InChI is InChI=1S/C17H13ClN4/c1-11-6-7-12(18)8-14(11)21-17-16-9-19-10-22(16)15-5-3-2-4-13(15)20-17/h2-10H,1H3,(H,20,21). The smallest absolute Gasteiger partial charge is 0.157 e. The maximum Gasteiger partial charge on any atom is 0.157 e. The summed E-state index contributed by atoms with van der Waals surface area (Å²) in [6.45, 7) is 2.04. The van der Waals surface area contributed by atoms with Crippen LogP contribution >= 0.6 is 11.6 Å². The van der Waals surface area contributed by atoms with Gasteiger partial charge in [-0.1, -0.05) is 29.8 Å². The average molecular weight is 309 g/mol. The first kappa shape index (κ1) is 13.1. The first-order valence-corrected chi connectivity index (χ1v) is 7.34. The summed E-state index contributed by atoms with van der Waals surface area (Å²) >= 11 is 6.10. The van der Waals surface area contributed by atoms with Gasteiger partial charge in [0.15, 0.2) is 5.82 Å². The number of benzene rings is 2. The molecule has 0 spiro atoms. The Balaban J connectivity index is 1.93. The lowest BCUT2D eigenvalue weighted by Crippen LogP contribution is -2.00. The van der Waals surface area contributed by atoms with Crippen LogP contribution in [0, 0.1) is 6.92 Å². The van der Waals surface area contributed by atoms with Crippen LogP contribution in [0.2, 0.25) is 5.02 Å². The monoisotopic (exact) mass is 308 g/mol. The molecule has 4 nitrogen and oxygen atoms in total. The Bertz CT molecular complexity index is 990. The van der Waals surface area contributed by atoms with Gasteiger partial charge in [0.2, 0.25) is 0 Å². The van der Waals surface area contributed by atoms with Gasteiger partial charge in [0.05, 0.1) is 23.6 Å². The maximum absolute atomic E-state index is 6.10. The largest absolute Gasteiger partial charge is 0.338 e. The molecular formula is C17H13ClN4. The zero-order valence-electron chi connectivity index (χ0n) is 11.9. The number of imidazole rings is 1. The van der Waals surface area contributed by atoms with E-state index in [9.17, 15) is 0 Å². The van der Waals surface area contributed by atoms with E-state index in [4.69, 9.17) is 16.6 Å². The summed E-state index contributed by atoms with van der Waals surface area (Å²) in [5.74, 6) is 0.765. The minimum atomic E-state index is 0.693. The van der Waals surface area contributed by atoms with Gasteiger partial charge in [-0.15, -0.1) is 0 Å². The van der Waals surface area contributed by atoms with Gasteiger partial charge in [0.25, 0.3) is 0 Å². The average Bonchev–Trinajstić information content (AvgIpc) is 3.01. The SMILES string of the molecule is Cc1ccc(Cl)cc1Nc1nc2ccccc2n2cncc12. The Labute approximate surface area is 132 Å². The third kappa shape index (κ3) is 2.09. The summed E-state index contributed by atoms with van der Waals surface area (Å²) in [6.07, 6.45) is 3.61. The number of hydrogen-bond donors (Lipinski definition) is 1. The van der Waals surface area contributed by atoms with Gasteiger partial charge >= 0.3 is 0 Å². The molecule has 5 heteroatoms. The van der Waals surface area contributed by atoms with E-state index in [0.29, 0.717) is 5.02 Å². The van der Waals surface area contributed by atoms with Crippen LogP contribution in [0.4, 0.5) is 11.5 Å².